The van der Waals surface area contributed by atoms with Crippen molar-refractivity contribution in [2.75, 3.05) is 0 Å². The van der Waals surface area contributed by atoms with Crippen molar-refractivity contribution in [2.24, 2.45) is 0 Å². The standard InChI is InChI=1S/C12H11F3O2/c1-8(11(16)17)5-6-9-3-2-4-10(7-9)12(13,14)15/h2-4,7H,1,5-6H2,(H,16,17). The Kier molecular flexibility index (Phi) is 3.93. The Bertz CT molecular complexity index is 436. The molecule has 2 nitrogen and oxygen atoms in total. The average molecular weight is 244 g/mol. The lowest BCUT2D eigenvalue weighted by atomic mass is 10.0. The van der Waals surface area contributed by atoms with Gasteiger partial charge in [-0.1, -0.05) is 24.8 Å². The van der Waals surface area contributed by atoms with Gasteiger partial charge in [0, 0.05) is 5.57 Å². The minimum Gasteiger partial charge on any atom is -0.478 e. The van der Waals surface area contributed by atoms with Gasteiger partial charge in [-0.05, 0) is 24.5 Å². The maximum atomic E-state index is 12.4. The van der Waals surface area contributed by atoms with E-state index in [1.807, 2.05) is 0 Å². The number of carboxylic acid groups (broad SMARTS) is 1. The third kappa shape index (κ3) is 3.94. The summed E-state index contributed by atoms with van der Waals surface area (Å²) in [5.41, 5.74) is -0.291. The highest BCUT2D eigenvalue weighted by Crippen LogP contribution is 2.29. The van der Waals surface area contributed by atoms with Gasteiger partial charge in [-0.15, -0.1) is 0 Å². The van der Waals surface area contributed by atoms with Crippen molar-refractivity contribution in [3.05, 3.63) is 47.5 Å². The van der Waals surface area contributed by atoms with Crippen LogP contribution in [0.25, 0.3) is 0 Å². The van der Waals surface area contributed by atoms with E-state index in [1.165, 1.54) is 12.1 Å². The minimum absolute atomic E-state index is 0.0117. The highest BCUT2D eigenvalue weighted by Gasteiger charge is 2.30. The molecule has 92 valence electrons. The quantitative estimate of drug-likeness (QED) is 0.825. The van der Waals surface area contributed by atoms with Crippen LogP contribution in [-0.2, 0) is 17.4 Å². The highest BCUT2D eigenvalue weighted by atomic mass is 19.4. The van der Waals surface area contributed by atoms with Crippen molar-refractivity contribution in [3.8, 4) is 0 Å². The van der Waals surface area contributed by atoms with E-state index in [4.69, 9.17) is 5.11 Å². The summed E-state index contributed by atoms with van der Waals surface area (Å²) >= 11 is 0. The van der Waals surface area contributed by atoms with E-state index in [0.29, 0.717) is 5.56 Å². The summed E-state index contributed by atoms with van der Waals surface area (Å²) in [6, 6.07) is 4.84. The Morgan fingerprint density at radius 2 is 2.00 bits per heavy atom. The topological polar surface area (TPSA) is 37.3 Å². The summed E-state index contributed by atoms with van der Waals surface area (Å²) in [5, 5.41) is 8.56. The lowest BCUT2D eigenvalue weighted by Gasteiger charge is -2.08. The first-order valence-corrected chi connectivity index (χ1v) is 4.88. The summed E-state index contributed by atoms with van der Waals surface area (Å²) in [4.78, 5) is 10.5. The molecule has 0 amide bonds. The Labute approximate surface area is 96.4 Å². The van der Waals surface area contributed by atoms with Gasteiger partial charge in [-0.25, -0.2) is 4.79 Å². The number of halogens is 3. The molecule has 0 radical (unpaired) electrons. The van der Waals surface area contributed by atoms with Crippen LogP contribution in [0.5, 0.6) is 0 Å². The van der Waals surface area contributed by atoms with Crippen LogP contribution in [0.3, 0.4) is 0 Å². The SMILES string of the molecule is C=C(CCc1cccc(C(F)(F)F)c1)C(=O)O. The van der Waals surface area contributed by atoms with E-state index in [9.17, 15) is 18.0 Å². The molecule has 0 atom stereocenters. The number of aliphatic carboxylic acids is 1. The van der Waals surface area contributed by atoms with Crippen LogP contribution >= 0.6 is 0 Å². The molecule has 0 heterocycles. The zero-order valence-corrected chi connectivity index (χ0v) is 8.92. The number of hydrogen-bond acceptors (Lipinski definition) is 1. The van der Waals surface area contributed by atoms with E-state index < -0.39 is 17.7 Å². The van der Waals surface area contributed by atoms with Crippen LogP contribution in [0.2, 0.25) is 0 Å². The minimum atomic E-state index is -4.38. The van der Waals surface area contributed by atoms with Gasteiger partial charge in [0.05, 0.1) is 5.56 Å². The van der Waals surface area contributed by atoms with Gasteiger partial charge in [0.25, 0.3) is 0 Å². The van der Waals surface area contributed by atoms with Gasteiger partial charge >= 0.3 is 12.1 Å². The van der Waals surface area contributed by atoms with Crippen LogP contribution in [0, 0.1) is 0 Å². The van der Waals surface area contributed by atoms with E-state index in [2.05, 4.69) is 6.58 Å². The molecule has 0 saturated heterocycles. The van der Waals surface area contributed by atoms with Crippen LogP contribution in [0.15, 0.2) is 36.4 Å². The number of aryl methyl sites for hydroxylation is 1. The van der Waals surface area contributed by atoms with Crippen LogP contribution in [0.4, 0.5) is 13.2 Å². The molecule has 0 aliphatic rings. The predicted octanol–water partition coefficient (Wildman–Crippen LogP) is 3.28. The maximum absolute atomic E-state index is 12.4. The number of benzene rings is 1. The fraction of sp³-hybridized carbons (Fsp3) is 0.250. The molecule has 0 spiro atoms. The molecule has 0 aromatic heterocycles. The van der Waals surface area contributed by atoms with Gasteiger partial charge in [0.2, 0.25) is 0 Å². The Morgan fingerprint density at radius 1 is 1.35 bits per heavy atom. The van der Waals surface area contributed by atoms with Crippen LogP contribution < -0.4 is 0 Å². The van der Waals surface area contributed by atoms with Crippen molar-refractivity contribution < 1.29 is 23.1 Å². The summed E-state index contributed by atoms with van der Waals surface area (Å²) in [5.74, 6) is -1.13. The highest BCUT2D eigenvalue weighted by molar-refractivity contribution is 5.85. The molecule has 1 aromatic carbocycles. The third-order valence-corrected chi connectivity index (χ3v) is 2.27. The summed E-state index contributed by atoms with van der Waals surface area (Å²) in [7, 11) is 0. The van der Waals surface area contributed by atoms with Gasteiger partial charge in [0.1, 0.15) is 0 Å². The van der Waals surface area contributed by atoms with E-state index in [1.54, 1.807) is 0 Å². The number of alkyl halides is 3. The normalized spacial score (nSPS) is 11.2. The predicted molar refractivity (Wildman–Crippen MR) is 56.5 cm³/mol. The first-order valence-electron chi connectivity index (χ1n) is 4.88. The molecule has 1 rings (SSSR count). The van der Waals surface area contributed by atoms with Gasteiger partial charge in [-0.2, -0.15) is 13.2 Å². The van der Waals surface area contributed by atoms with Crippen molar-refractivity contribution in [2.45, 2.75) is 19.0 Å². The van der Waals surface area contributed by atoms with Crippen molar-refractivity contribution >= 4 is 5.97 Å². The molecule has 0 bridgehead atoms. The van der Waals surface area contributed by atoms with Gasteiger partial charge < -0.3 is 5.11 Å². The number of carboxylic acids is 1. The van der Waals surface area contributed by atoms with Gasteiger partial charge in [0.15, 0.2) is 0 Å². The molecule has 0 aliphatic carbocycles. The monoisotopic (exact) mass is 244 g/mol. The van der Waals surface area contributed by atoms with Crippen LogP contribution in [-0.4, -0.2) is 11.1 Å². The molecule has 0 saturated carbocycles. The van der Waals surface area contributed by atoms with Crippen LogP contribution in [0.1, 0.15) is 17.5 Å². The fourth-order valence-electron chi connectivity index (χ4n) is 1.31. The van der Waals surface area contributed by atoms with Crippen molar-refractivity contribution in [3.63, 3.8) is 0 Å². The maximum Gasteiger partial charge on any atom is 0.416 e. The molecular formula is C12H11F3O2. The largest absolute Gasteiger partial charge is 0.478 e. The second-order valence-electron chi connectivity index (χ2n) is 3.61. The van der Waals surface area contributed by atoms with Crippen molar-refractivity contribution in [1.29, 1.82) is 0 Å². The molecule has 17 heavy (non-hydrogen) atoms. The smallest absolute Gasteiger partial charge is 0.416 e. The summed E-state index contributed by atoms with van der Waals surface area (Å²) in [6.45, 7) is 3.32. The van der Waals surface area contributed by atoms with Crippen molar-refractivity contribution in [1.82, 2.24) is 0 Å². The Hall–Kier alpha value is -1.78. The Balaban J connectivity index is 2.73. The van der Waals surface area contributed by atoms with E-state index >= 15 is 0 Å². The molecule has 1 aromatic rings. The molecule has 5 heteroatoms. The molecule has 1 N–H and O–H groups in total. The molecule has 0 fully saturated rings. The van der Waals surface area contributed by atoms with E-state index in [-0.39, 0.29) is 18.4 Å². The molecule has 0 unspecified atom stereocenters. The summed E-state index contributed by atoms with van der Waals surface area (Å²) < 4.78 is 37.1. The summed E-state index contributed by atoms with van der Waals surface area (Å²) in [6.07, 6.45) is -4.01. The first kappa shape index (κ1) is 13.3. The zero-order chi connectivity index (χ0) is 13.1. The van der Waals surface area contributed by atoms with Gasteiger partial charge in [-0.3, -0.25) is 0 Å². The number of carbonyl (C=O) groups is 1. The Morgan fingerprint density at radius 3 is 2.53 bits per heavy atom. The third-order valence-electron chi connectivity index (χ3n) is 2.27. The zero-order valence-electron chi connectivity index (χ0n) is 8.92. The second kappa shape index (κ2) is 5.03. The first-order chi connectivity index (χ1) is 7.80. The molecule has 0 aliphatic heterocycles. The lowest BCUT2D eigenvalue weighted by molar-refractivity contribution is -0.137. The number of hydrogen-bond donors (Lipinski definition) is 1. The lowest BCUT2D eigenvalue weighted by Crippen LogP contribution is -2.06. The average Bonchev–Trinajstić information content (AvgIpc) is 2.25. The number of rotatable bonds is 4. The fourth-order valence-corrected chi connectivity index (χ4v) is 1.31. The second-order valence-corrected chi connectivity index (χ2v) is 3.61. The van der Waals surface area contributed by atoms with E-state index in [0.717, 1.165) is 12.1 Å². The molecular weight excluding hydrogens is 233 g/mol.